The summed E-state index contributed by atoms with van der Waals surface area (Å²) in [5.74, 6) is 0.537. The van der Waals surface area contributed by atoms with E-state index in [2.05, 4.69) is 40.8 Å². The Kier molecular flexibility index (Phi) is 6.25. The van der Waals surface area contributed by atoms with E-state index in [9.17, 15) is 14.7 Å². The minimum atomic E-state index is -1.00. The molecule has 5 rings (SSSR count). The van der Waals surface area contributed by atoms with Crippen LogP contribution in [0.25, 0.3) is 5.65 Å². The first-order chi connectivity index (χ1) is 18.0. The van der Waals surface area contributed by atoms with Crippen LogP contribution >= 0.6 is 0 Å². The molecule has 0 spiro atoms. The van der Waals surface area contributed by atoms with Crippen molar-refractivity contribution in [2.75, 3.05) is 16.8 Å². The molecule has 9 heteroatoms. The number of hydrogen-bond acceptors (Lipinski definition) is 6. The molecule has 0 amide bonds. The van der Waals surface area contributed by atoms with E-state index >= 15 is 0 Å². The lowest BCUT2D eigenvalue weighted by atomic mass is 9.84. The van der Waals surface area contributed by atoms with Gasteiger partial charge in [-0.2, -0.15) is 5.10 Å². The second kappa shape index (κ2) is 9.31. The fourth-order valence-corrected chi connectivity index (χ4v) is 5.44. The van der Waals surface area contributed by atoms with Crippen LogP contribution in [0, 0.1) is 19.3 Å². The molecular formula is C29H34N6O3. The summed E-state index contributed by atoms with van der Waals surface area (Å²) in [5, 5.41) is 17.6. The molecular weight excluding hydrogens is 480 g/mol. The van der Waals surface area contributed by atoms with Gasteiger partial charge in [-0.15, -0.1) is 0 Å². The maximum absolute atomic E-state index is 13.7. The smallest absolute Gasteiger partial charge is 0.337 e. The van der Waals surface area contributed by atoms with Crippen LogP contribution in [0.2, 0.25) is 0 Å². The standard InChI is InChI=1S/C29H34N6O3/c1-17-15-21(19(3)31-22-10-8-7-9-20(22)28(37)38)26-32-25(18(2)27(36)34(26)16-17)33-14-12-23(29(4,5)6)35-24(33)11-13-30-35/h7-11,13,15-16,19,23,31H,12,14H2,1-6H3,(H,37,38)/t19-,23?/m1/s1. The Morgan fingerprint density at radius 3 is 2.63 bits per heavy atom. The predicted molar refractivity (Wildman–Crippen MR) is 149 cm³/mol. The van der Waals surface area contributed by atoms with Gasteiger partial charge in [0.2, 0.25) is 0 Å². The molecule has 9 nitrogen and oxygen atoms in total. The summed E-state index contributed by atoms with van der Waals surface area (Å²) in [6, 6.07) is 10.7. The summed E-state index contributed by atoms with van der Waals surface area (Å²) in [6.45, 7) is 13.1. The molecule has 4 aromatic rings. The number of carbonyl (C=O) groups is 1. The molecule has 38 heavy (non-hydrogen) atoms. The normalized spacial score (nSPS) is 16.4. The van der Waals surface area contributed by atoms with Crippen molar-refractivity contribution in [1.29, 1.82) is 0 Å². The summed E-state index contributed by atoms with van der Waals surface area (Å²) in [6.07, 6.45) is 4.48. The number of aryl methyl sites for hydroxylation is 1. The van der Waals surface area contributed by atoms with Crippen molar-refractivity contribution < 1.29 is 9.90 Å². The predicted octanol–water partition coefficient (Wildman–Crippen LogP) is 5.51. The molecule has 1 aromatic carbocycles. The van der Waals surface area contributed by atoms with Crippen LogP contribution < -0.4 is 15.8 Å². The molecule has 1 aliphatic rings. The molecule has 1 aliphatic heterocycles. The van der Waals surface area contributed by atoms with E-state index in [0.717, 1.165) is 29.9 Å². The zero-order chi connectivity index (χ0) is 27.4. The number of aromatic nitrogens is 4. The lowest BCUT2D eigenvalue weighted by Crippen LogP contribution is -2.38. The molecule has 4 heterocycles. The molecule has 0 saturated carbocycles. The Balaban J connectivity index is 1.63. The SMILES string of the molecule is Cc1cc([C@@H](C)Nc2ccccc2C(=O)O)c2nc(N3CCC(C(C)(C)C)n4nccc43)c(C)c(=O)n2c1. The third-order valence-electron chi connectivity index (χ3n) is 7.39. The number of hydrogen-bond donors (Lipinski definition) is 2. The zero-order valence-corrected chi connectivity index (χ0v) is 22.7. The summed E-state index contributed by atoms with van der Waals surface area (Å²) < 4.78 is 3.65. The lowest BCUT2D eigenvalue weighted by Gasteiger charge is -2.40. The highest BCUT2D eigenvalue weighted by Gasteiger charge is 2.35. The van der Waals surface area contributed by atoms with E-state index in [0.29, 0.717) is 22.7 Å². The first kappa shape index (κ1) is 25.5. The van der Waals surface area contributed by atoms with Crippen molar-refractivity contribution >= 4 is 28.9 Å². The summed E-state index contributed by atoms with van der Waals surface area (Å²) in [7, 11) is 0. The van der Waals surface area contributed by atoms with Crippen LogP contribution in [-0.4, -0.2) is 36.8 Å². The number of nitrogens with one attached hydrogen (secondary N) is 1. The largest absolute Gasteiger partial charge is 0.478 e. The molecule has 3 aromatic heterocycles. The van der Waals surface area contributed by atoms with Gasteiger partial charge in [-0.25, -0.2) is 14.5 Å². The van der Waals surface area contributed by atoms with Crippen molar-refractivity contribution in [2.45, 2.75) is 60.0 Å². The molecule has 0 fully saturated rings. The van der Waals surface area contributed by atoms with Crippen LogP contribution in [0.3, 0.4) is 0 Å². The van der Waals surface area contributed by atoms with Crippen LogP contribution in [-0.2, 0) is 0 Å². The van der Waals surface area contributed by atoms with Crippen molar-refractivity contribution in [1.82, 2.24) is 19.2 Å². The molecule has 2 N–H and O–H groups in total. The first-order valence-corrected chi connectivity index (χ1v) is 12.9. The van der Waals surface area contributed by atoms with E-state index in [1.54, 1.807) is 41.1 Å². The monoisotopic (exact) mass is 514 g/mol. The number of rotatable bonds is 5. The molecule has 0 radical (unpaired) electrons. The quantitative estimate of drug-likeness (QED) is 0.362. The van der Waals surface area contributed by atoms with Crippen LogP contribution in [0.4, 0.5) is 17.3 Å². The highest BCUT2D eigenvalue weighted by molar-refractivity contribution is 5.94. The summed E-state index contributed by atoms with van der Waals surface area (Å²) >= 11 is 0. The molecule has 0 saturated heterocycles. The third kappa shape index (κ3) is 4.31. The Bertz CT molecular complexity index is 1600. The van der Waals surface area contributed by atoms with Crippen LogP contribution in [0.1, 0.15) is 73.2 Å². The van der Waals surface area contributed by atoms with Crippen molar-refractivity contribution in [3.05, 3.63) is 81.4 Å². The second-order valence-electron chi connectivity index (χ2n) is 11.2. The lowest BCUT2D eigenvalue weighted by molar-refractivity contribution is 0.0698. The maximum Gasteiger partial charge on any atom is 0.337 e. The summed E-state index contributed by atoms with van der Waals surface area (Å²) in [4.78, 5) is 32.6. The zero-order valence-electron chi connectivity index (χ0n) is 22.7. The number of carboxylic acid groups (broad SMARTS) is 1. The fraction of sp³-hybridized carbons (Fsp3) is 0.379. The second-order valence-corrected chi connectivity index (χ2v) is 11.2. The topological polar surface area (TPSA) is 105 Å². The van der Waals surface area contributed by atoms with Crippen molar-refractivity contribution in [3.63, 3.8) is 0 Å². The Morgan fingerprint density at radius 1 is 1.18 bits per heavy atom. The highest BCUT2D eigenvalue weighted by atomic mass is 16.4. The van der Waals surface area contributed by atoms with E-state index in [-0.39, 0.29) is 28.6 Å². The van der Waals surface area contributed by atoms with Gasteiger partial charge in [0.25, 0.3) is 5.56 Å². The van der Waals surface area contributed by atoms with Gasteiger partial charge >= 0.3 is 5.97 Å². The maximum atomic E-state index is 13.7. The first-order valence-electron chi connectivity index (χ1n) is 12.9. The van der Waals surface area contributed by atoms with E-state index in [4.69, 9.17) is 4.98 Å². The summed E-state index contributed by atoms with van der Waals surface area (Å²) in [5.41, 5.74) is 3.43. The molecule has 1 unspecified atom stereocenters. The number of nitrogens with zero attached hydrogens (tertiary/aromatic N) is 5. The van der Waals surface area contributed by atoms with Crippen molar-refractivity contribution in [3.8, 4) is 0 Å². The molecule has 198 valence electrons. The average Bonchev–Trinajstić information content (AvgIpc) is 3.35. The fourth-order valence-electron chi connectivity index (χ4n) is 5.44. The van der Waals surface area contributed by atoms with E-state index in [1.165, 1.54) is 0 Å². The number of fused-ring (bicyclic) bond motifs is 2. The number of carboxylic acids is 1. The van der Waals surface area contributed by atoms with Gasteiger partial charge in [-0.05, 0) is 56.4 Å². The number of aromatic carboxylic acids is 1. The molecule has 0 bridgehead atoms. The number of anilines is 3. The van der Waals surface area contributed by atoms with Gasteiger partial charge in [-0.3, -0.25) is 9.20 Å². The number of pyridine rings is 1. The number of para-hydroxylation sites is 1. The van der Waals surface area contributed by atoms with Gasteiger partial charge in [0.05, 0.1) is 29.4 Å². The highest BCUT2D eigenvalue weighted by Crippen LogP contribution is 2.41. The Hall–Kier alpha value is -4.14. The minimum absolute atomic E-state index is 0.0380. The molecule has 2 atom stereocenters. The Labute approximate surface area is 221 Å². The molecule has 0 aliphatic carbocycles. The van der Waals surface area contributed by atoms with E-state index < -0.39 is 5.97 Å². The van der Waals surface area contributed by atoms with Crippen LogP contribution in [0.15, 0.2) is 53.6 Å². The van der Waals surface area contributed by atoms with Gasteiger partial charge in [0.1, 0.15) is 17.3 Å². The van der Waals surface area contributed by atoms with Crippen molar-refractivity contribution in [2.24, 2.45) is 5.41 Å². The average molecular weight is 515 g/mol. The third-order valence-corrected chi connectivity index (χ3v) is 7.39. The van der Waals surface area contributed by atoms with Gasteiger partial charge < -0.3 is 15.3 Å². The van der Waals surface area contributed by atoms with Gasteiger partial charge in [0.15, 0.2) is 0 Å². The number of benzene rings is 1. The van der Waals surface area contributed by atoms with Gasteiger partial charge in [0, 0.05) is 30.1 Å². The minimum Gasteiger partial charge on any atom is -0.478 e. The van der Waals surface area contributed by atoms with E-state index in [1.807, 2.05) is 32.9 Å². The Morgan fingerprint density at radius 2 is 1.92 bits per heavy atom. The van der Waals surface area contributed by atoms with Crippen LogP contribution in [0.5, 0.6) is 0 Å². The van der Waals surface area contributed by atoms with Gasteiger partial charge in [-0.1, -0.05) is 32.9 Å².